The molecule has 3 aliphatic heterocycles. The largest absolute Gasteiger partial charge is 0.387 e. The van der Waals surface area contributed by atoms with Crippen LogP contribution in [0.3, 0.4) is 0 Å². The summed E-state index contributed by atoms with van der Waals surface area (Å²) < 4.78 is 4.79. The van der Waals surface area contributed by atoms with E-state index in [0.29, 0.717) is 0 Å². The number of hydrogen-bond acceptors (Lipinski definition) is 4. The molecular formula is C55H37N5S. The van der Waals surface area contributed by atoms with E-state index >= 15 is 0 Å². The third kappa shape index (κ3) is 5.32. The SMILES string of the molecule is C1=CC(n2c3cccc(-c4ccc5c(c4)c4cc6ccccc6cc4n5C4=NC(c5ccccc5)=C5SC(c6ccccc6)=CC5N4)c3c3c4ccccc4ccc32)=CCN1. The van der Waals surface area contributed by atoms with Crippen molar-refractivity contribution in [3.63, 3.8) is 0 Å². The maximum Gasteiger partial charge on any atom is 0.209 e. The zero-order chi connectivity index (χ0) is 40.0. The summed E-state index contributed by atoms with van der Waals surface area (Å²) in [5, 5.41) is 17.1. The van der Waals surface area contributed by atoms with Crippen LogP contribution in [0.4, 0.5) is 0 Å². The van der Waals surface area contributed by atoms with Gasteiger partial charge in [0.05, 0.1) is 33.8 Å². The van der Waals surface area contributed by atoms with Gasteiger partial charge in [0.25, 0.3) is 0 Å². The van der Waals surface area contributed by atoms with E-state index in [1.165, 1.54) is 86.3 Å². The number of rotatable bonds is 4. The topological polar surface area (TPSA) is 46.3 Å². The number of allylic oxidation sites excluding steroid dienone is 2. The van der Waals surface area contributed by atoms with Gasteiger partial charge in [-0.25, -0.2) is 4.99 Å². The van der Waals surface area contributed by atoms with Crippen LogP contribution in [-0.4, -0.2) is 27.7 Å². The van der Waals surface area contributed by atoms with Crippen molar-refractivity contribution < 1.29 is 0 Å². The standard InChI is InChI=1S/C55H37N5S/c1-3-13-35(14-4-1)50-33-45-54(61-50)53(36-15-5-2-6-16-36)58-55(57-45)60-46-24-23-39(31-43(46)44-30-37-17-7-8-18-38(37)32-49(44)60)42-20-11-21-47-52(42)51-41-19-10-9-12-34(41)22-25-48(51)59(47)40-26-28-56-29-27-40/h1-28,30-33,45,56H,29H2,(H,57,58). The quantitative estimate of drug-likeness (QED) is 0.186. The average molecular weight is 800 g/mol. The Hall–Kier alpha value is -7.54. The number of nitrogens with zero attached hydrogens (tertiary/aromatic N) is 3. The van der Waals surface area contributed by atoms with E-state index in [4.69, 9.17) is 4.99 Å². The molecule has 1 atom stereocenters. The Balaban J connectivity index is 1.06. The van der Waals surface area contributed by atoms with Gasteiger partial charge in [-0.1, -0.05) is 145 Å². The van der Waals surface area contributed by atoms with Crippen molar-refractivity contribution >= 4 is 99.2 Å². The number of thioether (sulfide) groups is 1. The number of dihydropyridines is 1. The first-order valence-electron chi connectivity index (χ1n) is 20.9. The minimum Gasteiger partial charge on any atom is -0.387 e. The van der Waals surface area contributed by atoms with Crippen molar-refractivity contribution in [2.24, 2.45) is 4.99 Å². The summed E-state index contributed by atoms with van der Waals surface area (Å²) in [6.45, 7) is 0.795. The van der Waals surface area contributed by atoms with Crippen LogP contribution < -0.4 is 10.6 Å². The van der Waals surface area contributed by atoms with Gasteiger partial charge in [0.15, 0.2) is 0 Å². The van der Waals surface area contributed by atoms with Gasteiger partial charge in [0, 0.05) is 49.2 Å². The normalized spacial score (nSPS) is 16.3. The van der Waals surface area contributed by atoms with Crippen molar-refractivity contribution in [3.05, 3.63) is 210 Å². The van der Waals surface area contributed by atoms with Crippen LogP contribution in [0.5, 0.6) is 0 Å². The van der Waals surface area contributed by atoms with Gasteiger partial charge < -0.3 is 15.2 Å². The molecule has 0 bridgehead atoms. The highest BCUT2D eigenvalue weighted by Gasteiger charge is 2.33. The lowest BCUT2D eigenvalue weighted by molar-refractivity contribution is 0.835. The number of nitrogens with one attached hydrogen (secondary N) is 2. The second-order valence-electron chi connectivity index (χ2n) is 16.0. The fraction of sp³-hybridized carbons (Fsp3) is 0.0364. The van der Waals surface area contributed by atoms with Gasteiger partial charge in [-0.2, -0.15) is 0 Å². The Morgan fingerprint density at radius 1 is 0.541 bits per heavy atom. The smallest absolute Gasteiger partial charge is 0.209 e. The first-order valence-corrected chi connectivity index (χ1v) is 21.7. The highest BCUT2D eigenvalue weighted by Crippen LogP contribution is 2.48. The first kappa shape index (κ1) is 34.3. The zero-order valence-electron chi connectivity index (χ0n) is 33.0. The predicted molar refractivity (Wildman–Crippen MR) is 259 cm³/mol. The summed E-state index contributed by atoms with van der Waals surface area (Å²) >= 11 is 1.82. The Labute approximate surface area is 356 Å². The Morgan fingerprint density at radius 2 is 1.26 bits per heavy atom. The second-order valence-corrected chi connectivity index (χ2v) is 17.1. The molecule has 61 heavy (non-hydrogen) atoms. The molecule has 2 aromatic heterocycles. The van der Waals surface area contributed by atoms with Gasteiger partial charge >= 0.3 is 0 Å². The lowest BCUT2D eigenvalue weighted by Gasteiger charge is -2.25. The molecule has 0 saturated carbocycles. The zero-order valence-corrected chi connectivity index (χ0v) is 33.8. The molecule has 0 spiro atoms. The maximum atomic E-state index is 5.55. The first-order chi connectivity index (χ1) is 30.2. The highest BCUT2D eigenvalue weighted by molar-refractivity contribution is 8.12. The molecule has 0 saturated heterocycles. The number of aromatic nitrogens is 2. The van der Waals surface area contributed by atoms with E-state index in [2.05, 4.69) is 214 Å². The second kappa shape index (κ2) is 13.5. The van der Waals surface area contributed by atoms with Crippen LogP contribution >= 0.6 is 11.8 Å². The maximum absolute atomic E-state index is 5.55. The number of hydrogen-bond donors (Lipinski definition) is 2. The minimum atomic E-state index is -0.0233. The van der Waals surface area contributed by atoms with E-state index in [1.807, 2.05) is 11.8 Å². The van der Waals surface area contributed by atoms with Crippen LogP contribution in [0.25, 0.3) is 92.6 Å². The van der Waals surface area contributed by atoms with Crippen LogP contribution in [-0.2, 0) is 0 Å². The molecule has 2 N–H and O–H groups in total. The molecule has 3 aliphatic rings. The van der Waals surface area contributed by atoms with Crippen LogP contribution in [0.15, 0.2) is 204 Å². The van der Waals surface area contributed by atoms with Gasteiger partial charge in [-0.05, 0) is 99.1 Å². The lowest BCUT2D eigenvalue weighted by Crippen LogP contribution is -2.40. The molecule has 0 aliphatic carbocycles. The van der Waals surface area contributed by atoms with Crippen molar-refractivity contribution in [2.45, 2.75) is 6.04 Å². The molecule has 13 rings (SSSR count). The van der Waals surface area contributed by atoms with Gasteiger partial charge in [0.2, 0.25) is 5.96 Å². The Kier molecular flexibility index (Phi) is 7.60. The fourth-order valence-electron chi connectivity index (χ4n) is 9.81. The van der Waals surface area contributed by atoms with Crippen molar-refractivity contribution in [3.8, 4) is 11.1 Å². The molecule has 6 heteroatoms. The number of fused-ring (bicyclic) bond motifs is 10. The van der Waals surface area contributed by atoms with Crippen LogP contribution in [0.1, 0.15) is 11.1 Å². The van der Waals surface area contributed by atoms with Crippen LogP contribution in [0, 0.1) is 0 Å². The van der Waals surface area contributed by atoms with Crippen molar-refractivity contribution in [1.29, 1.82) is 0 Å². The van der Waals surface area contributed by atoms with E-state index < -0.39 is 0 Å². The Bertz CT molecular complexity index is 3640. The van der Waals surface area contributed by atoms with Gasteiger partial charge in [0.1, 0.15) is 0 Å². The lowest BCUT2D eigenvalue weighted by atomic mass is 9.95. The van der Waals surface area contributed by atoms with E-state index in [-0.39, 0.29) is 6.04 Å². The number of benzene rings is 8. The summed E-state index contributed by atoms with van der Waals surface area (Å²) in [6, 6.07) is 61.9. The molecular weight excluding hydrogens is 763 g/mol. The van der Waals surface area contributed by atoms with E-state index in [9.17, 15) is 0 Å². The molecule has 10 aromatic rings. The average Bonchev–Trinajstić information content (AvgIpc) is 4.01. The van der Waals surface area contributed by atoms with E-state index in [1.54, 1.807) is 0 Å². The Morgan fingerprint density at radius 3 is 2.08 bits per heavy atom. The molecule has 5 nitrogen and oxygen atoms in total. The fourth-order valence-corrected chi connectivity index (χ4v) is 11.0. The molecule has 0 fully saturated rings. The van der Waals surface area contributed by atoms with Crippen molar-refractivity contribution in [1.82, 2.24) is 19.8 Å². The van der Waals surface area contributed by atoms with Crippen LogP contribution in [0.2, 0.25) is 0 Å². The van der Waals surface area contributed by atoms with Crippen molar-refractivity contribution in [2.75, 3.05) is 6.54 Å². The summed E-state index contributed by atoms with van der Waals surface area (Å²) in [6.07, 6.45) is 8.88. The third-order valence-corrected chi connectivity index (χ3v) is 13.8. The number of aliphatic imine (C=N–C) groups is 1. The molecule has 8 aromatic carbocycles. The van der Waals surface area contributed by atoms with E-state index in [0.717, 1.165) is 34.8 Å². The van der Waals surface area contributed by atoms with Gasteiger partial charge in [-0.15, -0.1) is 0 Å². The predicted octanol–water partition coefficient (Wildman–Crippen LogP) is 13.2. The summed E-state index contributed by atoms with van der Waals surface area (Å²) in [4.78, 5) is 8.02. The van der Waals surface area contributed by atoms with Gasteiger partial charge in [-0.3, -0.25) is 4.57 Å². The molecule has 0 amide bonds. The molecule has 5 heterocycles. The highest BCUT2D eigenvalue weighted by atomic mass is 32.2. The summed E-state index contributed by atoms with van der Waals surface area (Å²) in [7, 11) is 0. The monoisotopic (exact) mass is 799 g/mol. The molecule has 0 radical (unpaired) electrons. The summed E-state index contributed by atoms with van der Waals surface area (Å²) in [5.74, 6) is 0.821. The molecule has 1 unspecified atom stereocenters. The third-order valence-electron chi connectivity index (χ3n) is 12.6. The minimum absolute atomic E-state index is 0.0233. The summed E-state index contributed by atoms with van der Waals surface area (Å²) in [5.41, 5.74) is 11.6. The molecule has 288 valence electrons.